The maximum atomic E-state index is 12.4. The number of Topliss-reactive ketones (excluding diaryl/α,β-unsaturated/α-hetero) is 1. The Morgan fingerprint density at radius 1 is 1.22 bits per heavy atom. The first-order valence-corrected chi connectivity index (χ1v) is 9.02. The maximum Gasteiger partial charge on any atom is 0.186 e. The number of carbonyl (C=O) groups excluding carboxylic acids is 1. The van der Waals surface area contributed by atoms with Gasteiger partial charge in [-0.2, -0.15) is 0 Å². The quantitative estimate of drug-likeness (QED) is 0.803. The van der Waals surface area contributed by atoms with E-state index in [0.29, 0.717) is 29.7 Å². The first kappa shape index (κ1) is 15.4. The van der Waals surface area contributed by atoms with Crippen molar-refractivity contribution >= 4 is 45.5 Å². The van der Waals surface area contributed by atoms with Gasteiger partial charge in [0.15, 0.2) is 10.9 Å². The zero-order chi connectivity index (χ0) is 16.0. The Bertz CT molecular complexity index is 771. The number of halogens is 2. The van der Waals surface area contributed by atoms with Gasteiger partial charge in [-0.15, -0.1) is 0 Å². The van der Waals surface area contributed by atoms with Crippen molar-refractivity contribution in [2.24, 2.45) is 0 Å². The minimum absolute atomic E-state index is 0.0293. The Morgan fingerprint density at radius 3 is 2.74 bits per heavy atom. The number of morpholine rings is 1. The summed E-state index contributed by atoms with van der Waals surface area (Å²) >= 11 is 13.6. The lowest BCUT2D eigenvalue weighted by Crippen LogP contribution is -2.36. The van der Waals surface area contributed by atoms with Crippen LogP contribution in [0.25, 0.3) is 0 Å². The second-order valence-corrected chi connectivity index (χ2v) is 7.46. The predicted molar refractivity (Wildman–Crippen MR) is 92.4 cm³/mol. The van der Waals surface area contributed by atoms with Crippen molar-refractivity contribution in [3.8, 4) is 0 Å². The monoisotopic (exact) mass is 368 g/mol. The molecule has 2 aromatic rings. The Labute approximate surface area is 148 Å². The summed E-state index contributed by atoms with van der Waals surface area (Å²) in [6.07, 6.45) is 0.454. The lowest BCUT2D eigenvalue weighted by molar-refractivity contribution is 0.0994. The van der Waals surface area contributed by atoms with Crippen molar-refractivity contribution in [1.29, 1.82) is 0 Å². The molecule has 0 saturated carbocycles. The van der Waals surface area contributed by atoms with Crippen molar-refractivity contribution in [3.05, 3.63) is 44.4 Å². The van der Waals surface area contributed by atoms with Crippen LogP contribution in [0.5, 0.6) is 0 Å². The molecule has 0 radical (unpaired) electrons. The molecule has 0 spiro atoms. The number of hydrogen-bond acceptors (Lipinski definition) is 5. The van der Waals surface area contributed by atoms with E-state index in [2.05, 4.69) is 4.90 Å². The third-order valence-electron chi connectivity index (χ3n) is 4.24. The van der Waals surface area contributed by atoms with Gasteiger partial charge in [0, 0.05) is 25.4 Å². The topological polar surface area (TPSA) is 42.4 Å². The van der Waals surface area contributed by atoms with Crippen LogP contribution < -0.4 is 4.90 Å². The average molecular weight is 369 g/mol. The molecule has 1 aliphatic heterocycles. The fourth-order valence-corrected chi connectivity index (χ4v) is 4.46. The Hall–Kier alpha value is -1.14. The molecular formula is C16H14Cl2N2O2S. The summed E-state index contributed by atoms with van der Waals surface area (Å²) in [5, 5.41) is 1.94. The third-order valence-corrected chi connectivity index (χ3v) is 6.15. The lowest BCUT2D eigenvalue weighted by atomic mass is 9.97. The van der Waals surface area contributed by atoms with Crippen LogP contribution in [0.3, 0.4) is 0 Å². The number of hydrogen-bond donors (Lipinski definition) is 0. The van der Waals surface area contributed by atoms with Crippen molar-refractivity contribution in [2.75, 3.05) is 31.2 Å². The molecule has 0 bridgehead atoms. The zero-order valence-corrected chi connectivity index (χ0v) is 14.5. The van der Waals surface area contributed by atoms with Gasteiger partial charge in [0.2, 0.25) is 0 Å². The van der Waals surface area contributed by atoms with Gasteiger partial charge in [-0.3, -0.25) is 4.79 Å². The van der Waals surface area contributed by atoms with Gasteiger partial charge in [0.05, 0.1) is 33.8 Å². The van der Waals surface area contributed by atoms with Crippen molar-refractivity contribution < 1.29 is 9.53 Å². The summed E-state index contributed by atoms with van der Waals surface area (Å²) in [5.41, 5.74) is 1.87. The number of aromatic nitrogens is 1. The fourth-order valence-electron chi connectivity index (χ4n) is 3.03. The number of carbonyl (C=O) groups is 1. The van der Waals surface area contributed by atoms with Crippen molar-refractivity contribution in [2.45, 2.75) is 12.3 Å². The number of anilines is 1. The highest BCUT2D eigenvalue weighted by molar-refractivity contribution is 7.17. The highest BCUT2D eigenvalue weighted by Crippen LogP contribution is 2.43. The standard InChI is InChI=1S/C16H14Cl2N2O2S/c17-11-2-1-9(7-12(11)18)10-8-13(21)15-14(10)19-16(23-15)20-3-5-22-6-4-20/h1-2,7,10H,3-6,8H2. The molecule has 1 aromatic heterocycles. The molecule has 1 atom stereocenters. The first-order chi connectivity index (χ1) is 11.1. The number of nitrogens with zero attached hydrogens (tertiary/aromatic N) is 2. The molecule has 7 heteroatoms. The second-order valence-electron chi connectivity index (χ2n) is 5.66. The fraction of sp³-hybridized carbons (Fsp3) is 0.375. The summed E-state index contributed by atoms with van der Waals surface area (Å²) in [7, 11) is 0. The normalized spacial score (nSPS) is 20.9. The number of fused-ring (bicyclic) bond motifs is 1. The van der Waals surface area contributed by atoms with Crippen LogP contribution in [0.2, 0.25) is 10.0 Å². The van der Waals surface area contributed by atoms with E-state index in [9.17, 15) is 4.79 Å². The molecule has 0 N–H and O–H groups in total. The highest BCUT2D eigenvalue weighted by atomic mass is 35.5. The molecule has 1 aliphatic carbocycles. The average Bonchev–Trinajstić information content (AvgIpc) is 3.12. The number of rotatable bonds is 2. The summed E-state index contributed by atoms with van der Waals surface area (Å²) in [6, 6.07) is 5.54. The zero-order valence-electron chi connectivity index (χ0n) is 12.2. The summed E-state index contributed by atoms with van der Waals surface area (Å²) in [6.45, 7) is 3.04. The van der Waals surface area contributed by atoms with Gasteiger partial charge in [0.25, 0.3) is 0 Å². The Balaban J connectivity index is 1.69. The SMILES string of the molecule is O=C1CC(c2ccc(Cl)c(Cl)c2)c2nc(N3CCOCC3)sc21. The second kappa shape index (κ2) is 6.06. The van der Waals surface area contributed by atoms with Crippen LogP contribution in [0.15, 0.2) is 18.2 Å². The molecule has 1 fully saturated rings. The minimum Gasteiger partial charge on any atom is -0.378 e. The van der Waals surface area contributed by atoms with E-state index in [1.165, 1.54) is 11.3 Å². The molecule has 1 aromatic carbocycles. The molecular weight excluding hydrogens is 355 g/mol. The van der Waals surface area contributed by atoms with E-state index in [4.69, 9.17) is 32.9 Å². The van der Waals surface area contributed by atoms with E-state index < -0.39 is 0 Å². The van der Waals surface area contributed by atoms with Crippen LogP contribution in [0.4, 0.5) is 5.13 Å². The van der Waals surface area contributed by atoms with Gasteiger partial charge in [-0.25, -0.2) is 4.98 Å². The molecule has 4 nitrogen and oxygen atoms in total. The van der Waals surface area contributed by atoms with Crippen LogP contribution >= 0.6 is 34.5 Å². The van der Waals surface area contributed by atoms with Crippen molar-refractivity contribution in [1.82, 2.24) is 4.98 Å². The van der Waals surface area contributed by atoms with Gasteiger partial charge >= 0.3 is 0 Å². The van der Waals surface area contributed by atoms with E-state index in [0.717, 1.165) is 34.4 Å². The van der Waals surface area contributed by atoms with E-state index in [1.807, 2.05) is 12.1 Å². The number of ether oxygens (including phenoxy) is 1. The van der Waals surface area contributed by atoms with Gasteiger partial charge in [-0.1, -0.05) is 40.6 Å². The molecule has 1 unspecified atom stereocenters. The molecule has 4 rings (SSSR count). The molecule has 23 heavy (non-hydrogen) atoms. The van der Waals surface area contributed by atoms with Crippen LogP contribution in [-0.4, -0.2) is 37.1 Å². The molecule has 1 saturated heterocycles. The smallest absolute Gasteiger partial charge is 0.186 e. The van der Waals surface area contributed by atoms with Crippen LogP contribution in [0.1, 0.15) is 33.3 Å². The molecule has 2 heterocycles. The van der Waals surface area contributed by atoms with E-state index in [-0.39, 0.29) is 11.7 Å². The lowest BCUT2D eigenvalue weighted by Gasteiger charge is -2.26. The molecule has 2 aliphatic rings. The van der Waals surface area contributed by atoms with Gasteiger partial charge < -0.3 is 9.64 Å². The number of benzene rings is 1. The Morgan fingerprint density at radius 2 is 2.00 bits per heavy atom. The van der Waals surface area contributed by atoms with Crippen LogP contribution in [-0.2, 0) is 4.74 Å². The predicted octanol–water partition coefficient (Wildman–Crippen LogP) is 4.00. The summed E-state index contributed by atoms with van der Waals surface area (Å²) < 4.78 is 5.38. The Kier molecular flexibility index (Phi) is 4.05. The molecule has 0 amide bonds. The number of thiazole rings is 1. The highest BCUT2D eigenvalue weighted by Gasteiger charge is 2.36. The van der Waals surface area contributed by atoms with Gasteiger partial charge in [-0.05, 0) is 17.7 Å². The first-order valence-electron chi connectivity index (χ1n) is 7.45. The minimum atomic E-state index is -0.0293. The molecule has 120 valence electrons. The number of ketones is 1. The van der Waals surface area contributed by atoms with Gasteiger partial charge in [0.1, 0.15) is 0 Å². The van der Waals surface area contributed by atoms with E-state index >= 15 is 0 Å². The van der Waals surface area contributed by atoms with Crippen LogP contribution in [0, 0.1) is 0 Å². The largest absolute Gasteiger partial charge is 0.378 e. The van der Waals surface area contributed by atoms with Crippen molar-refractivity contribution in [3.63, 3.8) is 0 Å². The third kappa shape index (κ3) is 2.76. The summed E-state index contributed by atoms with van der Waals surface area (Å²) in [5.74, 6) is 0.131. The maximum absolute atomic E-state index is 12.4. The summed E-state index contributed by atoms with van der Waals surface area (Å²) in [4.78, 5) is 20.1. The van der Waals surface area contributed by atoms with E-state index in [1.54, 1.807) is 6.07 Å².